The highest BCUT2D eigenvalue weighted by molar-refractivity contribution is 4.92. The molecule has 10 heavy (non-hydrogen) atoms. The molecular formula is C9H19N. The lowest BCUT2D eigenvalue weighted by Crippen LogP contribution is -2.13. The third kappa shape index (κ3) is 1.98. The first-order valence-electron chi connectivity index (χ1n) is 4.47. The van der Waals surface area contributed by atoms with Crippen LogP contribution in [0.1, 0.15) is 39.0 Å². The van der Waals surface area contributed by atoms with Gasteiger partial charge in [-0.05, 0) is 44.7 Å². The highest BCUT2D eigenvalue weighted by Gasteiger charge is 2.40. The summed E-state index contributed by atoms with van der Waals surface area (Å²) in [5.41, 5.74) is 0.789. The Morgan fingerprint density at radius 3 is 2.40 bits per heavy atom. The second-order valence-corrected chi connectivity index (χ2v) is 3.60. The average molecular weight is 141 g/mol. The van der Waals surface area contributed by atoms with Crippen LogP contribution in [-0.2, 0) is 0 Å². The van der Waals surface area contributed by atoms with Crippen LogP contribution < -0.4 is 5.32 Å². The minimum atomic E-state index is 0.789. The Hall–Kier alpha value is -0.0400. The molecule has 1 saturated carbocycles. The van der Waals surface area contributed by atoms with Crippen LogP contribution in [0.3, 0.4) is 0 Å². The van der Waals surface area contributed by atoms with E-state index in [4.69, 9.17) is 0 Å². The summed E-state index contributed by atoms with van der Waals surface area (Å²) in [7, 11) is 2.04. The molecule has 0 atom stereocenters. The van der Waals surface area contributed by atoms with Crippen molar-refractivity contribution in [1.82, 2.24) is 5.32 Å². The zero-order valence-corrected chi connectivity index (χ0v) is 7.24. The molecule has 1 nitrogen and oxygen atoms in total. The highest BCUT2D eigenvalue weighted by atomic mass is 14.8. The topological polar surface area (TPSA) is 12.0 Å². The van der Waals surface area contributed by atoms with Crippen LogP contribution in [0.2, 0.25) is 0 Å². The smallest absolute Gasteiger partial charge is 0.00466 e. The van der Waals surface area contributed by atoms with Crippen molar-refractivity contribution in [3.63, 3.8) is 0 Å². The molecule has 1 N–H and O–H groups in total. The Bertz CT molecular complexity index is 94.9. The zero-order chi connectivity index (χ0) is 7.45. The van der Waals surface area contributed by atoms with Crippen LogP contribution in [0.25, 0.3) is 0 Å². The van der Waals surface area contributed by atoms with Crippen molar-refractivity contribution in [3.05, 3.63) is 0 Å². The lowest BCUT2D eigenvalue weighted by molar-refractivity contribution is 0.417. The number of nitrogens with one attached hydrogen (secondary N) is 1. The van der Waals surface area contributed by atoms with E-state index in [2.05, 4.69) is 12.2 Å². The number of hydrogen-bond acceptors (Lipinski definition) is 1. The molecule has 60 valence electrons. The summed E-state index contributed by atoms with van der Waals surface area (Å²) >= 11 is 0. The molecule has 1 rings (SSSR count). The molecule has 0 radical (unpaired) electrons. The second kappa shape index (κ2) is 3.38. The van der Waals surface area contributed by atoms with Crippen LogP contribution in [0.4, 0.5) is 0 Å². The number of hydrogen-bond donors (Lipinski definition) is 1. The van der Waals surface area contributed by atoms with Gasteiger partial charge in [0, 0.05) is 0 Å². The van der Waals surface area contributed by atoms with E-state index in [0.29, 0.717) is 0 Å². The van der Waals surface area contributed by atoms with Gasteiger partial charge in [-0.3, -0.25) is 0 Å². The third-order valence-corrected chi connectivity index (χ3v) is 2.64. The first-order chi connectivity index (χ1) is 4.83. The van der Waals surface area contributed by atoms with Gasteiger partial charge in [-0.1, -0.05) is 13.3 Å². The molecule has 0 spiro atoms. The summed E-state index contributed by atoms with van der Waals surface area (Å²) in [5, 5.41) is 3.22. The maximum absolute atomic E-state index is 3.22. The summed E-state index contributed by atoms with van der Waals surface area (Å²) in [4.78, 5) is 0. The fourth-order valence-corrected chi connectivity index (χ4v) is 1.72. The molecule has 0 heterocycles. The fourth-order valence-electron chi connectivity index (χ4n) is 1.72. The van der Waals surface area contributed by atoms with Gasteiger partial charge in [0.1, 0.15) is 0 Å². The molecule has 1 aliphatic carbocycles. The summed E-state index contributed by atoms with van der Waals surface area (Å²) in [6.07, 6.45) is 7.20. The summed E-state index contributed by atoms with van der Waals surface area (Å²) in [6, 6.07) is 0. The molecule has 0 unspecified atom stereocenters. The van der Waals surface area contributed by atoms with Crippen molar-refractivity contribution in [3.8, 4) is 0 Å². The maximum atomic E-state index is 3.22. The predicted octanol–water partition coefficient (Wildman–Crippen LogP) is 2.18. The lowest BCUT2D eigenvalue weighted by Gasteiger charge is -2.12. The van der Waals surface area contributed by atoms with E-state index in [1.807, 2.05) is 7.05 Å². The van der Waals surface area contributed by atoms with E-state index in [9.17, 15) is 0 Å². The van der Waals surface area contributed by atoms with Gasteiger partial charge in [-0.25, -0.2) is 0 Å². The molecule has 0 aliphatic heterocycles. The van der Waals surface area contributed by atoms with Crippen molar-refractivity contribution in [2.24, 2.45) is 5.41 Å². The third-order valence-electron chi connectivity index (χ3n) is 2.64. The molecule has 0 bridgehead atoms. The van der Waals surface area contributed by atoms with E-state index in [0.717, 1.165) is 5.41 Å². The van der Waals surface area contributed by atoms with Crippen molar-refractivity contribution in [2.75, 3.05) is 13.6 Å². The standard InChI is InChI=1S/C9H19N/c1-3-4-9(5-6-9)7-8-10-2/h10H,3-8H2,1-2H3. The minimum absolute atomic E-state index is 0.789. The van der Waals surface area contributed by atoms with E-state index < -0.39 is 0 Å². The van der Waals surface area contributed by atoms with Gasteiger partial charge in [0.15, 0.2) is 0 Å². The summed E-state index contributed by atoms with van der Waals surface area (Å²) < 4.78 is 0. The normalized spacial score (nSPS) is 21.0. The summed E-state index contributed by atoms with van der Waals surface area (Å²) in [6.45, 7) is 3.50. The predicted molar refractivity (Wildman–Crippen MR) is 45.1 cm³/mol. The second-order valence-electron chi connectivity index (χ2n) is 3.60. The summed E-state index contributed by atoms with van der Waals surface area (Å²) in [5.74, 6) is 0. The van der Waals surface area contributed by atoms with Gasteiger partial charge >= 0.3 is 0 Å². The first-order valence-corrected chi connectivity index (χ1v) is 4.47. The average Bonchev–Trinajstić information content (AvgIpc) is 2.67. The Morgan fingerprint density at radius 1 is 1.30 bits per heavy atom. The van der Waals surface area contributed by atoms with E-state index in [1.54, 1.807) is 0 Å². The largest absolute Gasteiger partial charge is 0.320 e. The molecule has 0 aromatic carbocycles. The Balaban J connectivity index is 2.11. The van der Waals surface area contributed by atoms with Crippen LogP contribution >= 0.6 is 0 Å². The monoisotopic (exact) mass is 141 g/mol. The maximum Gasteiger partial charge on any atom is -0.00466 e. The van der Waals surface area contributed by atoms with Gasteiger partial charge in [0.05, 0.1) is 0 Å². The van der Waals surface area contributed by atoms with Crippen LogP contribution in [0.5, 0.6) is 0 Å². The van der Waals surface area contributed by atoms with Gasteiger partial charge in [0.25, 0.3) is 0 Å². The van der Waals surface area contributed by atoms with Crippen molar-refractivity contribution < 1.29 is 0 Å². The first kappa shape index (κ1) is 8.06. The van der Waals surface area contributed by atoms with Crippen molar-refractivity contribution in [1.29, 1.82) is 0 Å². The lowest BCUT2D eigenvalue weighted by atomic mass is 9.97. The Kier molecular flexibility index (Phi) is 2.72. The van der Waals surface area contributed by atoms with Gasteiger partial charge < -0.3 is 5.32 Å². The van der Waals surface area contributed by atoms with Gasteiger partial charge in [-0.15, -0.1) is 0 Å². The van der Waals surface area contributed by atoms with Crippen LogP contribution in [-0.4, -0.2) is 13.6 Å². The van der Waals surface area contributed by atoms with Gasteiger partial charge in [0.2, 0.25) is 0 Å². The Labute approximate surface area is 64.2 Å². The molecule has 1 aliphatic rings. The molecule has 0 aromatic rings. The number of rotatable bonds is 5. The highest BCUT2D eigenvalue weighted by Crippen LogP contribution is 2.52. The van der Waals surface area contributed by atoms with Crippen LogP contribution in [0.15, 0.2) is 0 Å². The van der Waals surface area contributed by atoms with Crippen LogP contribution in [0, 0.1) is 5.41 Å². The zero-order valence-electron chi connectivity index (χ0n) is 7.24. The fraction of sp³-hybridized carbons (Fsp3) is 1.00. The molecule has 0 saturated heterocycles. The molecule has 0 amide bonds. The molecular weight excluding hydrogens is 122 g/mol. The SMILES string of the molecule is CCCC1(CCNC)CC1. The Morgan fingerprint density at radius 2 is 2.00 bits per heavy atom. The van der Waals surface area contributed by atoms with E-state index in [1.165, 1.54) is 38.6 Å². The van der Waals surface area contributed by atoms with Crippen molar-refractivity contribution >= 4 is 0 Å². The van der Waals surface area contributed by atoms with Crippen molar-refractivity contribution in [2.45, 2.75) is 39.0 Å². The molecule has 0 aromatic heterocycles. The molecule has 1 fully saturated rings. The molecule has 1 heteroatoms. The quantitative estimate of drug-likeness (QED) is 0.618. The minimum Gasteiger partial charge on any atom is -0.320 e. The van der Waals surface area contributed by atoms with Gasteiger partial charge in [-0.2, -0.15) is 0 Å². The van der Waals surface area contributed by atoms with E-state index >= 15 is 0 Å². The van der Waals surface area contributed by atoms with E-state index in [-0.39, 0.29) is 0 Å².